The van der Waals surface area contributed by atoms with Crippen LogP contribution < -0.4 is 18.9 Å². The summed E-state index contributed by atoms with van der Waals surface area (Å²) in [5, 5.41) is 1.01. The molecule has 0 atom stereocenters. The Bertz CT molecular complexity index is 1040. The number of nitrogens with one attached hydrogen (secondary N) is 2. The van der Waals surface area contributed by atoms with Crippen LogP contribution >= 0.6 is 0 Å². The molecule has 0 saturated heterocycles. The second-order valence-electron chi connectivity index (χ2n) is 5.89. The van der Waals surface area contributed by atoms with Gasteiger partial charge in [-0.1, -0.05) is 0 Å². The molecule has 0 aliphatic rings. The highest BCUT2D eigenvalue weighted by Crippen LogP contribution is 2.29. The number of aromatic amines is 1. The summed E-state index contributed by atoms with van der Waals surface area (Å²) in [5.74, 6) is 1.60. The van der Waals surface area contributed by atoms with E-state index in [9.17, 15) is 8.42 Å². The van der Waals surface area contributed by atoms with Crippen LogP contribution in [-0.4, -0.2) is 41.3 Å². The predicted octanol–water partition coefficient (Wildman–Crippen LogP) is 2.71. The minimum atomic E-state index is -3.66. The van der Waals surface area contributed by atoms with Gasteiger partial charge < -0.3 is 19.2 Å². The number of ether oxygens (including phenoxy) is 3. The third kappa shape index (κ3) is 4.01. The molecular formula is C19H22N2O5S. The number of benzene rings is 2. The topological polar surface area (TPSA) is 89.7 Å². The molecule has 0 radical (unpaired) electrons. The van der Waals surface area contributed by atoms with Crippen LogP contribution in [0.25, 0.3) is 10.9 Å². The van der Waals surface area contributed by atoms with E-state index in [-0.39, 0.29) is 11.4 Å². The Kier molecular flexibility index (Phi) is 5.57. The third-order valence-electron chi connectivity index (χ3n) is 4.33. The number of sulfonamides is 1. The van der Waals surface area contributed by atoms with Crippen LogP contribution in [0, 0.1) is 0 Å². The van der Waals surface area contributed by atoms with Crippen molar-refractivity contribution in [2.45, 2.75) is 11.3 Å². The summed E-state index contributed by atoms with van der Waals surface area (Å²) < 4.78 is 43.3. The Balaban J connectivity index is 1.73. The number of aromatic nitrogens is 1. The van der Waals surface area contributed by atoms with Crippen LogP contribution in [-0.2, 0) is 16.4 Å². The van der Waals surface area contributed by atoms with Crippen molar-refractivity contribution in [1.82, 2.24) is 9.71 Å². The maximum absolute atomic E-state index is 12.6. The van der Waals surface area contributed by atoms with Gasteiger partial charge in [0.2, 0.25) is 10.0 Å². The number of fused-ring (bicyclic) bond motifs is 1. The molecule has 2 N–H and O–H groups in total. The van der Waals surface area contributed by atoms with Gasteiger partial charge in [0.05, 0.1) is 26.2 Å². The molecule has 0 fully saturated rings. The lowest BCUT2D eigenvalue weighted by atomic mass is 10.1. The zero-order chi connectivity index (χ0) is 19.4. The quantitative estimate of drug-likeness (QED) is 0.617. The number of H-pyrrole nitrogens is 1. The predicted molar refractivity (Wildman–Crippen MR) is 103 cm³/mol. The highest BCUT2D eigenvalue weighted by Gasteiger charge is 2.17. The van der Waals surface area contributed by atoms with Gasteiger partial charge in [0.1, 0.15) is 5.75 Å². The Morgan fingerprint density at radius 2 is 1.74 bits per heavy atom. The van der Waals surface area contributed by atoms with E-state index >= 15 is 0 Å². The van der Waals surface area contributed by atoms with Crippen LogP contribution in [0.5, 0.6) is 17.2 Å². The average molecular weight is 390 g/mol. The van der Waals surface area contributed by atoms with E-state index in [1.165, 1.54) is 26.4 Å². The standard InChI is InChI=1S/C19H22N2O5S/c1-24-14-4-6-17-16(10-14)13(12-20-17)8-9-21-27(22,23)15-5-7-18(25-2)19(11-15)26-3/h4-7,10-12,20-21H,8-9H2,1-3H3. The van der Waals surface area contributed by atoms with E-state index in [1.807, 2.05) is 24.4 Å². The molecule has 0 aliphatic carbocycles. The van der Waals surface area contributed by atoms with E-state index in [4.69, 9.17) is 14.2 Å². The zero-order valence-corrected chi connectivity index (χ0v) is 16.2. The molecule has 8 heteroatoms. The van der Waals surface area contributed by atoms with Crippen LogP contribution in [0.2, 0.25) is 0 Å². The first-order valence-corrected chi connectivity index (χ1v) is 9.82. The van der Waals surface area contributed by atoms with Crippen molar-refractivity contribution in [2.75, 3.05) is 27.9 Å². The summed E-state index contributed by atoms with van der Waals surface area (Å²) in [6.07, 6.45) is 2.43. The lowest BCUT2D eigenvalue weighted by molar-refractivity contribution is 0.354. The Morgan fingerprint density at radius 3 is 2.44 bits per heavy atom. The van der Waals surface area contributed by atoms with Crippen molar-refractivity contribution in [2.24, 2.45) is 0 Å². The molecule has 0 amide bonds. The molecule has 3 rings (SSSR count). The second-order valence-corrected chi connectivity index (χ2v) is 7.66. The molecule has 0 saturated carbocycles. The molecule has 7 nitrogen and oxygen atoms in total. The molecule has 3 aromatic rings. The van der Waals surface area contributed by atoms with Crippen molar-refractivity contribution in [3.63, 3.8) is 0 Å². The first-order valence-electron chi connectivity index (χ1n) is 8.34. The minimum Gasteiger partial charge on any atom is -0.497 e. The zero-order valence-electron chi connectivity index (χ0n) is 15.4. The van der Waals surface area contributed by atoms with Gasteiger partial charge in [0.25, 0.3) is 0 Å². The van der Waals surface area contributed by atoms with Crippen LogP contribution in [0.3, 0.4) is 0 Å². The first-order chi connectivity index (χ1) is 13.0. The third-order valence-corrected chi connectivity index (χ3v) is 5.79. The largest absolute Gasteiger partial charge is 0.497 e. The number of rotatable bonds is 8. The summed E-state index contributed by atoms with van der Waals surface area (Å²) in [6, 6.07) is 10.2. The monoisotopic (exact) mass is 390 g/mol. The van der Waals surface area contributed by atoms with Gasteiger partial charge in [-0.2, -0.15) is 0 Å². The normalized spacial score (nSPS) is 11.5. The maximum Gasteiger partial charge on any atom is 0.240 e. The Labute approximate surface area is 158 Å². The molecular weight excluding hydrogens is 368 g/mol. The van der Waals surface area contributed by atoms with Crippen molar-refractivity contribution in [1.29, 1.82) is 0 Å². The SMILES string of the molecule is COc1ccc2[nH]cc(CCNS(=O)(=O)c3ccc(OC)c(OC)c3)c2c1. The molecule has 0 spiro atoms. The summed E-state index contributed by atoms with van der Waals surface area (Å²) in [6.45, 7) is 0.265. The van der Waals surface area contributed by atoms with Gasteiger partial charge in [0.15, 0.2) is 11.5 Å². The lowest BCUT2D eigenvalue weighted by Crippen LogP contribution is -2.26. The summed E-state index contributed by atoms with van der Waals surface area (Å²) in [5.41, 5.74) is 1.99. The van der Waals surface area contributed by atoms with E-state index in [0.717, 1.165) is 22.2 Å². The van der Waals surface area contributed by atoms with Crippen molar-refractivity contribution >= 4 is 20.9 Å². The molecule has 144 valence electrons. The van der Waals surface area contributed by atoms with Crippen molar-refractivity contribution in [3.8, 4) is 17.2 Å². The summed E-state index contributed by atoms with van der Waals surface area (Å²) in [4.78, 5) is 3.31. The van der Waals surface area contributed by atoms with E-state index < -0.39 is 10.0 Å². The van der Waals surface area contributed by atoms with Gasteiger partial charge in [-0.25, -0.2) is 13.1 Å². The molecule has 0 unspecified atom stereocenters. The van der Waals surface area contributed by atoms with Crippen molar-refractivity contribution < 1.29 is 22.6 Å². The maximum atomic E-state index is 12.6. The molecule has 2 aromatic carbocycles. The van der Waals surface area contributed by atoms with E-state index in [2.05, 4.69) is 9.71 Å². The van der Waals surface area contributed by atoms with E-state index in [1.54, 1.807) is 13.2 Å². The number of hydrogen-bond acceptors (Lipinski definition) is 5. The number of hydrogen-bond donors (Lipinski definition) is 2. The smallest absolute Gasteiger partial charge is 0.240 e. The minimum absolute atomic E-state index is 0.126. The van der Waals surface area contributed by atoms with Crippen LogP contribution in [0.4, 0.5) is 0 Å². The fourth-order valence-corrected chi connectivity index (χ4v) is 3.93. The van der Waals surface area contributed by atoms with Gasteiger partial charge in [-0.15, -0.1) is 0 Å². The summed E-state index contributed by atoms with van der Waals surface area (Å²) >= 11 is 0. The van der Waals surface area contributed by atoms with Gasteiger partial charge in [0, 0.05) is 29.7 Å². The molecule has 1 heterocycles. The highest BCUT2D eigenvalue weighted by molar-refractivity contribution is 7.89. The van der Waals surface area contributed by atoms with E-state index in [0.29, 0.717) is 17.9 Å². The Hall–Kier alpha value is -2.71. The van der Waals surface area contributed by atoms with Gasteiger partial charge in [-0.05, 0) is 42.3 Å². The van der Waals surface area contributed by atoms with Crippen LogP contribution in [0.1, 0.15) is 5.56 Å². The summed E-state index contributed by atoms with van der Waals surface area (Å²) in [7, 11) is 0.924. The fraction of sp³-hybridized carbons (Fsp3) is 0.263. The van der Waals surface area contributed by atoms with Crippen LogP contribution in [0.15, 0.2) is 47.5 Å². The Morgan fingerprint density at radius 1 is 0.963 bits per heavy atom. The lowest BCUT2D eigenvalue weighted by Gasteiger charge is -2.11. The fourth-order valence-electron chi connectivity index (χ4n) is 2.88. The van der Waals surface area contributed by atoms with Gasteiger partial charge in [-0.3, -0.25) is 0 Å². The van der Waals surface area contributed by atoms with Gasteiger partial charge >= 0.3 is 0 Å². The molecule has 1 aromatic heterocycles. The second kappa shape index (κ2) is 7.89. The first kappa shape index (κ1) is 19.1. The average Bonchev–Trinajstić information content (AvgIpc) is 3.09. The highest BCUT2D eigenvalue weighted by atomic mass is 32.2. The number of methoxy groups -OCH3 is 3. The molecule has 0 bridgehead atoms. The molecule has 0 aliphatic heterocycles. The van der Waals surface area contributed by atoms with Crippen molar-refractivity contribution in [3.05, 3.63) is 48.2 Å². The molecule has 27 heavy (non-hydrogen) atoms.